The lowest BCUT2D eigenvalue weighted by molar-refractivity contribution is 0.170. The molecule has 3 nitrogen and oxygen atoms in total. The van der Waals surface area contributed by atoms with Crippen molar-refractivity contribution in [2.45, 2.75) is 38.2 Å². The molecule has 0 saturated heterocycles. The van der Waals surface area contributed by atoms with Crippen LogP contribution in [0.1, 0.15) is 32.0 Å². The Hall–Kier alpha value is -0.480. The normalized spacial score (nSPS) is 14.1. The molecule has 0 N–H and O–H groups in total. The molecule has 0 aliphatic carbocycles. The molecule has 21 heavy (non-hydrogen) atoms. The Morgan fingerprint density at radius 2 is 1.81 bits per heavy atom. The molecule has 2 aromatic rings. The molecule has 0 spiro atoms. The topological polar surface area (TPSA) is 21.1 Å². The molecule has 0 bridgehead atoms. The maximum Gasteiger partial charge on any atom is 0.127 e. The SMILES string of the molecule is CC(Cl)c1nc2cc(Cl)c(Cl)cc2n1CC(C)(C)N(C)C. The molecule has 0 fully saturated rings. The van der Waals surface area contributed by atoms with E-state index in [1.54, 1.807) is 6.07 Å². The van der Waals surface area contributed by atoms with E-state index in [0.29, 0.717) is 10.0 Å². The van der Waals surface area contributed by atoms with Gasteiger partial charge in [-0.15, -0.1) is 11.6 Å². The quantitative estimate of drug-likeness (QED) is 0.726. The zero-order valence-electron chi connectivity index (χ0n) is 12.9. The molecular weight excluding hydrogens is 329 g/mol. The Morgan fingerprint density at radius 3 is 2.33 bits per heavy atom. The first kappa shape index (κ1) is 16.9. The zero-order valence-corrected chi connectivity index (χ0v) is 15.2. The Labute approximate surface area is 140 Å². The summed E-state index contributed by atoms with van der Waals surface area (Å²) in [6, 6.07) is 3.65. The smallest absolute Gasteiger partial charge is 0.127 e. The summed E-state index contributed by atoms with van der Waals surface area (Å²) in [6.07, 6.45) is 0. The van der Waals surface area contributed by atoms with Gasteiger partial charge in [0.2, 0.25) is 0 Å². The van der Waals surface area contributed by atoms with E-state index in [9.17, 15) is 0 Å². The van der Waals surface area contributed by atoms with Crippen LogP contribution in [-0.4, -0.2) is 34.1 Å². The first-order valence-corrected chi connectivity index (χ1v) is 7.99. The lowest BCUT2D eigenvalue weighted by Crippen LogP contribution is -2.42. The van der Waals surface area contributed by atoms with E-state index < -0.39 is 0 Å². The number of fused-ring (bicyclic) bond motifs is 1. The van der Waals surface area contributed by atoms with Gasteiger partial charge in [0.1, 0.15) is 5.82 Å². The van der Waals surface area contributed by atoms with E-state index in [1.165, 1.54) is 0 Å². The van der Waals surface area contributed by atoms with Crippen LogP contribution in [0.4, 0.5) is 0 Å². The number of imidazole rings is 1. The van der Waals surface area contributed by atoms with Gasteiger partial charge in [-0.3, -0.25) is 0 Å². The highest BCUT2D eigenvalue weighted by molar-refractivity contribution is 6.42. The van der Waals surface area contributed by atoms with E-state index in [4.69, 9.17) is 34.8 Å². The van der Waals surface area contributed by atoms with Gasteiger partial charge >= 0.3 is 0 Å². The lowest BCUT2D eigenvalue weighted by atomic mass is 10.0. The van der Waals surface area contributed by atoms with E-state index in [1.807, 2.05) is 13.0 Å². The van der Waals surface area contributed by atoms with Crippen molar-refractivity contribution in [3.8, 4) is 0 Å². The summed E-state index contributed by atoms with van der Waals surface area (Å²) < 4.78 is 2.13. The number of alkyl halides is 1. The molecule has 0 aliphatic heterocycles. The number of rotatable bonds is 4. The van der Waals surface area contributed by atoms with Crippen LogP contribution in [0, 0.1) is 0 Å². The molecule has 1 unspecified atom stereocenters. The summed E-state index contributed by atoms with van der Waals surface area (Å²) in [5.74, 6) is 0.833. The number of nitrogens with zero attached hydrogens (tertiary/aromatic N) is 3. The van der Waals surface area contributed by atoms with Gasteiger partial charge in [-0.05, 0) is 47.0 Å². The number of aromatic nitrogens is 2. The highest BCUT2D eigenvalue weighted by Gasteiger charge is 2.25. The fourth-order valence-corrected chi connectivity index (χ4v) is 2.62. The summed E-state index contributed by atoms with van der Waals surface area (Å²) in [5.41, 5.74) is 1.74. The van der Waals surface area contributed by atoms with Gasteiger partial charge in [-0.1, -0.05) is 23.2 Å². The van der Waals surface area contributed by atoms with Gasteiger partial charge in [0.25, 0.3) is 0 Å². The fourth-order valence-electron chi connectivity index (χ4n) is 2.14. The predicted molar refractivity (Wildman–Crippen MR) is 91.8 cm³/mol. The minimum atomic E-state index is -0.187. The first-order valence-electron chi connectivity index (χ1n) is 6.80. The molecule has 1 aromatic heterocycles. The Bertz CT molecular complexity index is 660. The van der Waals surface area contributed by atoms with Crippen LogP contribution in [-0.2, 0) is 6.54 Å². The Morgan fingerprint density at radius 1 is 1.24 bits per heavy atom. The lowest BCUT2D eigenvalue weighted by Gasteiger charge is -2.33. The molecule has 0 aliphatic rings. The van der Waals surface area contributed by atoms with Crippen molar-refractivity contribution in [2.75, 3.05) is 14.1 Å². The molecule has 2 rings (SSSR count). The third-order valence-corrected chi connectivity index (χ3v) is 4.85. The maximum atomic E-state index is 6.30. The number of hydrogen-bond acceptors (Lipinski definition) is 2. The van der Waals surface area contributed by atoms with Crippen molar-refractivity contribution in [1.82, 2.24) is 14.5 Å². The minimum Gasteiger partial charge on any atom is -0.325 e. The largest absolute Gasteiger partial charge is 0.325 e. The molecule has 0 amide bonds. The summed E-state index contributed by atoms with van der Waals surface area (Å²) in [6.45, 7) is 7.05. The Kier molecular flexibility index (Phi) is 4.79. The van der Waals surface area contributed by atoms with Crippen LogP contribution in [0.25, 0.3) is 11.0 Å². The zero-order chi connectivity index (χ0) is 15.9. The summed E-state index contributed by atoms with van der Waals surface area (Å²) in [5, 5.41) is 0.851. The van der Waals surface area contributed by atoms with Crippen LogP contribution >= 0.6 is 34.8 Å². The summed E-state index contributed by atoms with van der Waals surface area (Å²) in [7, 11) is 4.12. The van der Waals surface area contributed by atoms with Gasteiger partial charge in [0, 0.05) is 12.1 Å². The fraction of sp³-hybridized carbons (Fsp3) is 0.533. The van der Waals surface area contributed by atoms with Gasteiger partial charge in [0.05, 0.1) is 26.5 Å². The highest BCUT2D eigenvalue weighted by atomic mass is 35.5. The monoisotopic (exact) mass is 347 g/mol. The number of likely N-dealkylation sites (N-methyl/N-ethyl adjacent to an activating group) is 1. The second kappa shape index (κ2) is 5.96. The maximum absolute atomic E-state index is 6.30. The second-order valence-corrected chi connectivity index (χ2v) is 7.60. The van der Waals surface area contributed by atoms with Crippen molar-refractivity contribution in [3.05, 3.63) is 28.0 Å². The Balaban J connectivity index is 2.64. The van der Waals surface area contributed by atoms with E-state index in [-0.39, 0.29) is 10.9 Å². The van der Waals surface area contributed by atoms with Gasteiger partial charge in [-0.2, -0.15) is 0 Å². The standard InChI is InChI=1S/C15H20Cl3N3/c1-9(16)14-19-12-6-10(17)11(18)7-13(12)21(14)8-15(2,3)20(4)5/h6-7,9H,8H2,1-5H3. The van der Waals surface area contributed by atoms with E-state index in [0.717, 1.165) is 23.4 Å². The molecule has 1 aromatic carbocycles. The molecule has 1 heterocycles. The molecule has 116 valence electrons. The number of halogens is 3. The van der Waals surface area contributed by atoms with Crippen molar-refractivity contribution in [2.24, 2.45) is 0 Å². The first-order chi connectivity index (χ1) is 9.63. The van der Waals surface area contributed by atoms with Crippen LogP contribution in [0.5, 0.6) is 0 Å². The van der Waals surface area contributed by atoms with E-state index in [2.05, 4.69) is 42.4 Å². The van der Waals surface area contributed by atoms with Crippen LogP contribution in [0.2, 0.25) is 10.0 Å². The van der Waals surface area contributed by atoms with Crippen LogP contribution < -0.4 is 0 Å². The number of benzene rings is 1. The molecule has 1 atom stereocenters. The third kappa shape index (κ3) is 3.31. The average molecular weight is 349 g/mol. The van der Waals surface area contributed by atoms with Gasteiger partial charge < -0.3 is 9.47 Å². The molecule has 0 saturated carbocycles. The van der Waals surface area contributed by atoms with Crippen LogP contribution in [0.3, 0.4) is 0 Å². The minimum absolute atomic E-state index is 0.0414. The average Bonchev–Trinajstić information content (AvgIpc) is 2.68. The van der Waals surface area contributed by atoms with Gasteiger partial charge in [0.15, 0.2) is 0 Å². The second-order valence-electron chi connectivity index (χ2n) is 6.13. The molecular formula is C15H20Cl3N3. The van der Waals surface area contributed by atoms with Crippen molar-refractivity contribution in [3.63, 3.8) is 0 Å². The number of hydrogen-bond donors (Lipinski definition) is 0. The van der Waals surface area contributed by atoms with Crippen molar-refractivity contribution < 1.29 is 0 Å². The molecule has 6 heteroatoms. The van der Waals surface area contributed by atoms with Crippen molar-refractivity contribution in [1.29, 1.82) is 0 Å². The van der Waals surface area contributed by atoms with Crippen molar-refractivity contribution >= 4 is 45.8 Å². The summed E-state index contributed by atoms with van der Waals surface area (Å²) >= 11 is 18.6. The highest BCUT2D eigenvalue weighted by Crippen LogP contribution is 2.32. The van der Waals surface area contributed by atoms with Gasteiger partial charge in [-0.25, -0.2) is 4.98 Å². The van der Waals surface area contributed by atoms with E-state index >= 15 is 0 Å². The van der Waals surface area contributed by atoms with Crippen LogP contribution in [0.15, 0.2) is 12.1 Å². The molecule has 0 radical (unpaired) electrons. The summed E-state index contributed by atoms with van der Waals surface area (Å²) in [4.78, 5) is 6.81. The predicted octanol–water partition coefficient (Wildman–Crippen LogP) is 4.98. The third-order valence-electron chi connectivity index (χ3n) is 3.93.